The van der Waals surface area contributed by atoms with Crippen LogP contribution in [0.15, 0.2) is 0 Å². The number of carbonyl (C=O) groups excluding carboxylic acids is 2. The zero-order chi connectivity index (χ0) is 13.5. The fraction of sp³-hybridized carbons (Fsp3) is 0.769. The fourth-order valence-corrected chi connectivity index (χ4v) is 2.39. The molecule has 1 aliphatic heterocycles. The molecule has 1 saturated heterocycles. The summed E-state index contributed by atoms with van der Waals surface area (Å²) < 4.78 is 0. The number of rotatable bonds is 7. The second-order valence-electron chi connectivity index (χ2n) is 4.75. The summed E-state index contributed by atoms with van der Waals surface area (Å²) in [6, 6.07) is 0.0534. The van der Waals surface area contributed by atoms with Crippen LogP contribution in [-0.2, 0) is 14.4 Å². The number of carboxylic acids is 1. The van der Waals surface area contributed by atoms with Gasteiger partial charge in [-0.05, 0) is 32.1 Å². The Morgan fingerprint density at radius 1 is 1.28 bits per heavy atom. The lowest BCUT2D eigenvalue weighted by Gasteiger charge is -2.23. The minimum atomic E-state index is -0.812. The molecule has 18 heavy (non-hydrogen) atoms. The van der Waals surface area contributed by atoms with Gasteiger partial charge in [0.05, 0.1) is 0 Å². The van der Waals surface area contributed by atoms with Crippen molar-refractivity contribution in [2.45, 2.75) is 57.9 Å². The first kappa shape index (κ1) is 14.7. The Labute approximate surface area is 107 Å². The van der Waals surface area contributed by atoms with Crippen LogP contribution in [0, 0.1) is 0 Å². The van der Waals surface area contributed by atoms with Gasteiger partial charge < -0.3 is 10.0 Å². The average molecular weight is 255 g/mol. The monoisotopic (exact) mass is 255 g/mol. The molecule has 1 rings (SSSR count). The molecule has 1 unspecified atom stereocenters. The zero-order valence-corrected chi connectivity index (χ0v) is 10.9. The van der Waals surface area contributed by atoms with E-state index in [4.69, 9.17) is 5.11 Å². The molecule has 102 valence electrons. The highest BCUT2D eigenvalue weighted by atomic mass is 16.4. The molecule has 0 radical (unpaired) electrons. The van der Waals surface area contributed by atoms with Gasteiger partial charge in [0.25, 0.3) is 5.91 Å². The standard InChI is InChI=1S/C13H21NO4/c1-2-5-11(15)13(18)14-9-4-7-10(14)6-3-8-12(16)17/h10H,2-9H2,1H3,(H,16,17). The third kappa shape index (κ3) is 4.13. The van der Waals surface area contributed by atoms with Crippen LogP contribution in [-0.4, -0.2) is 40.3 Å². The Morgan fingerprint density at radius 3 is 2.61 bits per heavy atom. The number of aliphatic carboxylic acids is 1. The largest absolute Gasteiger partial charge is 0.481 e. The van der Waals surface area contributed by atoms with Crippen LogP contribution in [0.25, 0.3) is 0 Å². The first-order valence-electron chi connectivity index (χ1n) is 6.61. The third-order valence-corrected chi connectivity index (χ3v) is 3.28. The molecule has 1 aliphatic rings. The molecular weight excluding hydrogens is 234 g/mol. The van der Waals surface area contributed by atoms with Gasteiger partial charge in [-0.2, -0.15) is 0 Å². The van der Waals surface area contributed by atoms with Crippen LogP contribution < -0.4 is 0 Å². The van der Waals surface area contributed by atoms with E-state index in [1.54, 1.807) is 4.90 Å². The summed E-state index contributed by atoms with van der Waals surface area (Å²) in [7, 11) is 0. The highest BCUT2D eigenvalue weighted by Gasteiger charge is 2.31. The summed E-state index contributed by atoms with van der Waals surface area (Å²) in [5.74, 6) is -1.51. The highest BCUT2D eigenvalue weighted by molar-refractivity contribution is 6.36. The molecule has 0 aromatic heterocycles. The third-order valence-electron chi connectivity index (χ3n) is 3.28. The van der Waals surface area contributed by atoms with E-state index >= 15 is 0 Å². The normalized spacial score (nSPS) is 18.9. The summed E-state index contributed by atoms with van der Waals surface area (Å²) in [5.41, 5.74) is 0. The molecule has 0 saturated carbocycles. The average Bonchev–Trinajstić information content (AvgIpc) is 2.76. The Kier molecular flexibility index (Phi) is 5.82. The molecule has 5 heteroatoms. The molecule has 0 aliphatic carbocycles. The number of ketones is 1. The molecule has 0 bridgehead atoms. The molecule has 0 spiro atoms. The maximum atomic E-state index is 11.9. The molecule has 5 nitrogen and oxygen atoms in total. The van der Waals surface area contributed by atoms with Gasteiger partial charge in [-0.25, -0.2) is 0 Å². The van der Waals surface area contributed by atoms with Gasteiger partial charge in [-0.1, -0.05) is 6.92 Å². The van der Waals surface area contributed by atoms with Crippen LogP contribution in [0.1, 0.15) is 51.9 Å². The minimum Gasteiger partial charge on any atom is -0.481 e. The van der Waals surface area contributed by atoms with Crippen molar-refractivity contribution in [3.63, 3.8) is 0 Å². The van der Waals surface area contributed by atoms with Gasteiger partial charge in [0.15, 0.2) is 0 Å². The van der Waals surface area contributed by atoms with Crippen LogP contribution >= 0.6 is 0 Å². The number of hydrogen-bond acceptors (Lipinski definition) is 3. The van der Waals surface area contributed by atoms with Crippen molar-refractivity contribution >= 4 is 17.7 Å². The van der Waals surface area contributed by atoms with E-state index in [0.29, 0.717) is 32.2 Å². The summed E-state index contributed by atoms with van der Waals surface area (Å²) in [6.07, 6.45) is 4.14. The van der Waals surface area contributed by atoms with Crippen molar-refractivity contribution in [2.75, 3.05) is 6.54 Å². The number of likely N-dealkylation sites (tertiary alicyclic amines) is 1. The predicted molar refractivity (Wildman–Crippen MR) is 66.1 cm³/mol. The molecule has 0 aromatic rings. The lowest BCUT2D eigenvalue weighted by molar-refractivity contribution is -0.145. The second kappa shape index (κ2) is 7.13. The molecule has 1 amide bonds. The van der Waals surface area contributed by atoms with E-state index in [0.717, 1.165) is 12.8 Å². The van der Waals surface area contributed by atoms with E-state index in [1.165, 1.54) is 0 Å². The number of amides is 1. The number of Topliss-reactive ketones (excluding diaryl/α,β-unsaturated/α-hetero) is 1. The van der Waals surface area contributed by atoms with Crippen molar-refractivity contribution in [1.82, 2.24) is 4.90 Å². The molecule has 1 heterocycles. The van der Waals surface area contributed by atoms with Gasteiger partial charge in [-0.3, -0.25) is 14.4 Å². The minimum absolute atomic E-state index is 0.0534. The van der Waals surface area contributed by atoms with Gasteiger partial charge in [0.1, 0.15) is 0 Å². The summed E-state index contributed by atoms with van der Waals surface area (Å²) in [6.45, 7) is 2.51. The topological polar surface area (TPSA) is 74.7 Å². The van der Waals surface area contributed by atoms with Crippen LogP contribution in [0.5, 0.6) is 0 Å². The van der Waals surface area contributed by atoms with Gasteiger partial charge in [0.2, 0.25) is 5.78 Å². The lowest BCUT2D eigenvalue weighted by atomic mass is 10.1. The lowest BCUT2D eigenvalue weighted by Crippen LogP contribution is -2.40. The molecule has 1 fully saturated rings. The van der Waals surface area contributed by atoms with E-state index in [-0.39, 0.29) is 24.2 Å². The Morgan fingerprint density at radius 2 is 2.00 bits per heavy atom. The maximum absolute atomic E-state index is 11.9. The number of hydrogen-bond donors (Lipinski definition) is 1. The summed E-state index contributed by atoms with van der Waals surface area (Å²) in [5, 5.41) is 8.59. The smallest absolute Gasteiger partial charge is 0.303 e. The second-order valence-corrected chi connectivity index (χ2v) is 4.75. The van der Waals surface area contributed by atoms with E-state index < -0.39 is 5.97 Å². The van der Waals surface area contributed by atoms with Gasteiger partial charge in [0, 0.05) is 25.4 Å². The summed E-state index contributed by atoms with van der Waals surface area (Å²) in [4.78, 5) is 35.6. The number of nitrogens with zero attached hydrogens (tertiary/aromatic N) is 1. The van der Waals surface area contributed by atoms with Crippen LogP contribution in [0.3, 0.4) is 0 Å². The highest BCUT2D eigenvalue weighted by Crippen LogP contribution is 2.22. The predicted octanol–water partition coefficient (Wildman–Crippen LogP) is 1.60. The molecular formula is C13H21NO4. The SMILES string of the molecule is CCCC(=O)C(=O)N1CCCC1CCCC(=O)O. The van der Waals surface area contributed by atoms with Gasteiger partial charge in [-0.15, -0.1) is 0 Å². The van der Waals surface area contributed by atoms with Crippen LogP contribution in [0.4, 0.5) is 0 Å². The van der Waals surface area contributed by atoms with Crippen molar-refractivity contribution in [1.29, 1.82) is 0 Å². The number of carboxylic acid groups (broad SMARTS) is 1. The van der Waals surface area contributed by atoms with Gasteiger partial charge >= 0.3 is 5.97 Å². The summed E-state index contributed by atoms with van der Waals surface area (Å²) >= 11 is 0. The first-order valence-corrected chi connectivity index (χ1v) is 6.61. The maximum Gasteiger partial charge on any atom is 0.303 e. The van der Waals surface area contributed by atoms with Crippen molar-refractivity contribution < 1.29 is 19.5 Å². The van der Waals surface area contributed by atoms with Crippen molar-refractivity contribution in [2.24, 2.45) is 0 Å². The van der Waals surface area contributed by atoms with E-state index in [2.05, 4.69) is 0 Å². The quantitative estimate of drug-likeness (QED) is 0.701. The van der Waals surface area contributed by atoms with Crippen molar-refractivity contribution in [3.05, 3.63) is 0 Å². The Balaban J connectivity index is 2.46. The number of carbonyl (C=O) groups is 3. The molecule has 1 atom stereocenters. The Hall–Kier alpha value is -1.39. The first-order chi connectivity index (χ1) is 8.56. The molecule has 1 N–H and O–H groups in total. The fourth-order valence-electron chi connectivity index (χ4n) is 2.39. The molecule has 0 aromatic carbocycles. The Bertz CT molecular complexity index is 327. The van der Waals surface area contributed by atoms with Crippen LogP contribution in [0.2, 0.25) is 0 Å². The van der Waals surface area contributed by atoms with Crippen molar-refractivity contribution in [3.8, 4) is 0 Å². The van der Waals surface area contributed by atoms with E-state index in [1.807, 2.05) is 6.92 Å². The van der Waals surface area contributed by atoms with E-state index in [9.17, 15) is 14.4 Å². The zero-order valence-electron chi connectivity index (χ0n) is 10.9.